The number of pyridine rings is 1. The number of fused-ring (bicyclic) bond motifs is 1. The van der Waals surface area contributed by atoms with Crippen molar-refractivity contribution in [2.75, 3.05) is 0 Å². The average Bonchev–Trinajstić information content (AvgIpc) is 3.17. The van der Waals surface area contributed by atoms with Gasteiger partial charge in [-0.3, -0.25) is 14.4 Å². The summed E-state index contributed by atoms with van der Waals surface area (Å²) in [7, 11) is 0. The Morgan fingerprint density at radius 2 is 1.90 bits per heavy atom. The van der Waals surface area contributed by atoms with Gasteiger partial charge in [0.25, 0.3) is 5.56 Å². The fourth-order valence-corrected chi connectivity index (χ4v) is 3.71. The predicted molar refractivity (Wildman–Crippen MR) is 113 cm³/mol. The van der Waals surface area contributed by atoms with Crippen LogP contribution in [0.25, 0.3) is 10.9 Å². The molecule has 0 saturated heterocycles. The molecule has 0 bridgehead atoms. The van der Waals surface area contributed by atoms with E-state index < -0.39 is 17.9 Å². The molecule has 1 aromatic heterocycles. The van der Waals surface area contributed by atoms with Crippen molar-refractivity contribution in [1.29, 1.82) is 0 Å². The van der Waals surface area contributed by atoms with Crippen molar-refractivity contribution in [3.63, 3.8) is 0 Å². The molecule has 1 unspecified atom stereocenters. The quantitative estimate of drug-likeness (QED) is 0.682. The second-order valence-corrected chi connectivity index (χ2v) is 7.41. The van der Waals surface area contributed by atoms with Gasteiger partial charge in [0.2, 0.25) is 5.91 Å². The van der Waals surface area contributed by atoms with E-state index in [2.05, 4.69) is 10.1 Å². The highest BCUT2D eigenvalue weighted by Crippen LogP contribution is 2.33. The second-order valence-electron chi connectivity index (χ2n) is 7.41. The largest absolute Gasteiger partial charge is 0.481 e. The molecule has 1 atom stereocenters. The monoisotopic (exact) mass is 403 g/mol. The second kappa shape index (κ2) is 7.94. The predicted octanol–water partition coefficient (Wildman–Crippen LogP) is 3.38. The number of hydrogen-bond donors (Lipinski definition) is 2. The highest BCUT2D eigenvalue weighted by Gasteiger charge is 2.34. The van der Waals surface area contributed by atoms with Crippen LogP contribution in [-0.2, 0) is 9.59 Å². The van der Waals surface area contributed by atoms with Crippen LogP contribution in [0.2, 0.25) is 0 Å². The zero-order valence-corrected chi connectivity index (χ0v) is 16.5. The number of carbonyl (C=O) groups excluding carboxylic acids is 1. The Bertz CT molecular complexity index is 1210. The lowest BCUT2D eigenvalue weighted by atomic mass is 9.98. The van der Waals surface area contributed by atoms with Crippen molar-refractivity contribution in [3.8, 4) is 0 Å². The molecule has 2 heterocycles. The SMILES string of the molecule is Cc1ccc2[nH]c(=O)c(C3CC(c4ccccc4)=NN3C(=O)CCC(=O)O)cc2c1. The zero-order valence-electron chi connectivity index (χ0n) is 16.5. The van der Waals surface area contributed by atoms with Crippen molar-refractivity contribution in [3.05, 3.63) is 81.6 Å². The van der Waals surface area contributed by atoms with E-state index in [1.165, 1.54) is 5.01 Å². The fraction of sp³-hybridized carbons (Fsp3) is 0.217. The maximum atomic E-state index is 12.8. The van der Waals surface area contributed by atoms with E-state index in [1.54, 1.807) is 6.07 Å². The third-order valence-electron chi connectivity index (χ3n) is 5.21. The first kappa shape index (κ1) is 19.6. The topological polar surface area (TPSA) is 103 Å². The number of rotatable bonds is 5. The molecule has 0 spiro atoms. The van der Waals surface area contributed by atoms with Crippen molar-refractivity contribution in [2.45, 2.75) is 32.2 Å². The number of aliphatic carboxylic acids is 1. The summed E-state index contributed by atoms with van der Waals surface area (Å²) in [6.45, 7) is 1.97. The van der Waals surface area contributed by atoms with E-state index in [9.17, 15) is 14.4 Å². The molecule has 3 aromatic rings. The van der Waals surface area contributed by atoms with Crippen molar-refractivity contribution >= 4 is 28.5 Å². The standard InChI is InChI=1S/C23H21N3O4/c1-14-7-8-18-16(11-14)12-17(23(30)24-18)20-13-19(15-5-3-2-4-6-15)25-26(20)21(27)9-10-22(28)29/h2-8,11-12,20H,9-10,13H2,1H3,(H,24,30)(H,28,29). The van der Waals surface area contributed by atoms with Crippen LogP contribution in [0, 0.1) is 6.92 Å². The number of aromatic nitrogens is 1. The summed E-state index contributed by atoms with van der Waals surface area (Å²) in [5, 5.41) is 15.6. The molecule has 7 nitrogen and oxygen atoms in total. The number of carboxylic acids is 1. The number of nitrogens with one attached hydrogen (secondary N) is 1. The molecule has 7 heteroatoms. The molecule has 152 valence electrons. The first-order valence-electron chi connectivity index (χ1n) is 9.73. The first-order chi connectivity index (χ1) is 14.4. The lowest BCUT2D eigenvalue weighted by molar-refractivity contribution is -0.141. The van der Waals surface area contributed by atoms with Gasteiger partial charge in [-0.1, -0.05) is 42.0 Å². The molecule has 4 rings (SSSR count). The highest BCUT2D eigenvalue weighted by molar-refractivity contribution is 6.03. The smallest absolute Gasteiger partial charge is 0.303 e. The molecule has 0 fully saturated rings. The Hall–Kier alpha value is -3.74. The van der Waals surface area contributed by atoms with Crippen LogP contribution in [-0.4, -0.2) is 32.7 Å². The van der Waals surface area contributed by atoms with Gasteiger partial charge in [0.1, 0.15) is 0 Å². The lowest BCUT2D eigenvalue weighted by Crippen LogP contribution is -2.31. The number of carboxylic acid groups (broad SMARTS) is 1. The number of H-pyrrole nitrogens is 1. The van der Waals surface area contributed by atoms with E-state index in [4.69, 9.17) is 5.11 Å². The van der Waals surface area contributed by atoms with Gasteiger partial charge in [-0.05, 0) is 36.1 Å². The zero-order chi connectivity index (χ0) is 21.3. The van der Waals surface area contributed by atoms with Crippen LogP contribution in [0.1, 0.15) is 42.0 Å². The summed E-state index contributed by atoms with van der Waals surface area (Å²) in [5.74, 6) is -1.47. The van der Waals surface area contributed by atoms with Gasteiger partial charge in [0, 0.05) is 23.9 Å². The Morgan fingerprint density at radius 3 is 2.63 bits per heavy atom. The molecular formula is C23H21N3O4. The Labute approximate surface area is 172 Å². The summed E-state index contributed by atoms with van der Waals surface area (Å²) >= 11 is 0. The Morgan fingerprint density at radius 1 is 1.13 bits per heavy atom. The van der Waals surface area contributed by atoms with Crippen LogP contribution in [0.15, 0.2) is 64.5 Å². The van der Waals surface area contributed by atoms with Crippen LogP contribution in [0.3, 0.4) is 0 Å². The minimum absolute atomic E-state index is 0.179. The number of carbonyl (C=O) groups is 2. The molecule has 30 heavy (non-hydrogen) atoms. The van der Waals surface area contributed by atoms with E-state index in [0.717, 1.165) is 22.0 Å². The van der Waals surface area contributed by atoms with E-state index in [-0.39, 0.29) is 18.4 Å². The number of nitrogens with zero attached hydrogens (tertiary/aromatic N) is 2. The molecule has 1 aliphatic rings. The van der Waals surface area contributed by atoms with Gasteiger partial charge in [-0.2, -0.15) is 5.10 Å². The van der Waals surface area contributed by atoms with Gasteiger partial charge in [0.05, 0.1) is 18.2 Å². The van der Waals surface area contributed by atoms with Gasteiger partial charge in [-0.15, -0.1) is 0 Å². The first-order valence-corrected chi connectivity index (χ1v) is 9.73. The molecule has 0 radical (unpaired) electrons. The average molecular weight is 403 g/mol. The normalized spacial score (nSPS) is 16.0. The number of aryl methyl sites for hydroxylation is 1. The third kappa shape index (κ3) is 3.87. The molecule has 1 amide bonds. The molecule has 2 aromatic carbocycles. The number of amides is 1. The van der Waals surface area contributed by atoms with Crippen LogP contribution < -0.4 is 5.56 Å². The maximum Gasteiger partial charge on any atom is 0.303 e. The molecule has 2 N–H and O–H groups in total. The van der Waals surface area contributed by atoms with E-state index >= 15 is 0 Å². The maximum absolute atomic E-state index is 12.8. The van der Waals surface area contributed by atoms with E-state index in [0.29, 0.717) is 17.7 Å². The number of aromatic amines is 1. The van der Waals surface area contributed by atoms with Crippen molar-refractivity contribution in [2.24, 2.45) is 5.10 Å². The van der Waals surface area contributed by atoms with Gasteiger partial charge in [-0.25, -0.2) is 5.01 Å². The molecule has 0 aliphatic carbocycles. The minimum atomic E-state index is -1.05. The Kier molecular flexibility index (Phi) is 5.18. The van der Waals surface area contributed by atoms with Crippen LogP contribution in [0.5, 0.6) is 0 Å². The van der Waals surface area contributed by atoms with Crippen molar-refractivity contribution < 1.29 is 14.7 Å². The molecule has 1 aliphatic heterocycles. The summed E-state index contributed by atoms with van der Waals surface area (Å²) < 4.78 is 0. The number of hydrazone groups is 1. The fourth-order valence-electron chi connectivity index (χ4n) is 3.71. The van der Waals surface area contributed by atoms with Crippen LogP contribution in [0.4, 0.5) is 0 Å². The molecular weight excluding hydrogens is 382 g/mol. The van der Waals surface area contributed by atoms with Crippen LogP contribution >= 0.6 is 0 Å². The molecule has 0 saturated carbocycles. The van der Waals surface area contributed by atoms with Crippen molar-refractivity contribution in [1.82, 2.24) is 9.99 Å². The number of hydrogen-bond acceptors (Lipinski definition) is 4. The number of benzene rings is 2. The lowest BCUT2D eigenvalue weighted by Gasteiger charge is -2.21. The van der Waals surface area contributed by atoms with Gasteiger partial charge in [0.15, 0.2) is 0 Å². The summed E-state index contributed by atoms with van der Waals surface area (Å²) in [5.41, 5.74) is 3.49. The summed E-state index contributed by atoms with van der Waals surface area (Å²) in [6, 6.07) is 16.4. The third-order valence-corrected chi connectivity index (χ3v) is 5.21. The highest BCUT2D eigenvalue weighted by atomic mass is 16.4. The summed E-state index contributed by atoms with van der Waals surface area (Å²) in [6.07, 6.45) is -0.0866. The van der Waals surface area contributed by atoms with Gasteiger partial charge < -0.3 is 10.1 Å². The van der Waals surface area contributed by atoms with E-state index in [1.807, 2.05) is 55.5 Å². The van der Waals surface area contributed by atoms with Gasteiger partial charge >= 0.3 is 5.97 Å². The Balaban J connectivity index is 1.76. The summed E-state index contributed by atoms with van der Waals surface area (Å²) in [4.78, 5) is 39.4. The minimum Gasteiger partial charge on any atom is -0.481 e.